The number of nitrogens with zero attached hydrogens (tertiary/aromatic N) is 3. The second-order valence-electron chi connectivity index (χ2n) is 6.95. The fourth-order valence-corrected chi connectivity index (χ4v) is 3.82. The first kappa shape index (κ1) is 20.9. The SMILES string of the molecule is CCCN(C)C(=O)[C@H](CC)n1c(=O)n(-c2ccccc2Cl)c(=O)c2ccccc21. The van der Waals surface area contributed by atoms with E-state index in [0.29, 0.717) is 29.6 Å². The quantitative estimate of drug-likeness (QED) is 0.619. The highest BCUT2D eigenvalue weighted by Gasteiger charge is 2.27. The van der Waals surface area contributed by atoms with E-state index in [1.807, 2.05) is 13.8 Å². The largest absolute Gasteiger partial charge is 0.344 e. The van der Waals surface area contributed by atoms with Gasteiger partial charge in [-0.25, -0.2) is 9.36 Å². The van der Waals surface area contributed by atoms with Crippen molar-refractivity contribution in [1.82, 2.24) is 14.0 Å². The van der Waals surface area contributed by atoms with Crippen LogP contribution < -0.4 is 11.2 Å². The Bertz CT molecular complexity index is 1170. The lowest BCUT2D eigenvalue weighted by Gasteiger charge is -2.26. The zero-order valence-corrected chi connectivity index (χ0v) is 17.5. The number of hydrogen-bond acceptors (Lipinski definition) is 3. The van der Waals surface area contributed by atoms with Gasteiger partial charge in [0.25, 0.3) is 5.56 Å². The number of carbonyl (C=O) groups excluding carboxylic acids is 1. The molecule has 152 valence electrons. The number of rotatable bonds is 6. The average Bonchev–Trinajstić information content (AvgIpc) is 2.72. The molecule has 3 rings (SSSR count). The monoisotopic (exact) mass is 413 g/mol. The fraction of sp³-hybridized carbons (Fsp3) is 0.318. The molecule has 1 aromatic heterocycles. The number of hydrogen-bond donors (Lipinski definition) is 0. The van der Waals surface area contributed by atoms with Crippen molar-refractivity contribution < 1.29 is 4.79 Å². The van der Waals surface area contributed by atoms with E-state index in [2.05, 4.69) is 0 Å². The van der Waals surface area contributed by atoms with E-state index in [1.165, 1.54) is 4.57 Å². The molecular formula is C22H24ClN3O3. The molecule has 0 N–H and O–H groups in total. The van der Waals surface area contributed by atoms with Gasteiger partial charge in [-0.15, -0.1) is 0 Å². The highest BCUT2D eigenvalue weighted by atomic mass is 35.5. The summed E-state index contributed by atoms with van der Waals surface area (Å²) in [4.78, 5) is 41.4. The number of carbonyl (C=O) groups is 1. The lowest BCUT2D eigenvalue weighted by molar-refractivity contribution is -0.133. The minimum absolute atomic E-state index is 0.161. The third kappa shape index (κ3) is 3.72. The van der Waals surface area contributed by atoms with E-state index in [1.54, 1.807) is 60.5 Å². The maximum absolute atomic E-state index is 13.5. The van der Waals surface area contributed by atoms with Gasteiger partial charge in [-0.2, -0.15) is 0 Å². The van der Waals surface area contributed by atoms with Crippen LogP contribution in [0.5, 0.6) is 0 Å². The minimum atomic E-state index is -0.724. The van der Waals surface area contributed by atoms with Gasteiger partial charge in [-0.05, 0) is 37.1 Å². The van der Waals surface area contributed by atoms with Crippen LogP contribution in [0.4, 0.5) is 0 Å². The summed E-state index contributed by atoms with van der Waals surface area (Å²) in [5.74, 6) is -0.161. The first-order valence-electron chi connectivity index (χ1n) is 9.68. The molecule has 0 saturated carbocycles. The number of amides is 1. The van der Waals surface area contributed by atoms with Crippen LogP contribution in [0.1, 0.15) is 32.7 Å². The van der Waals surface area contributed by atoms with Crippen molar-refractivity contribution in [2.75, 3.05) is 13.6 Å². The third-order valence-corrected chi connectivity index (χ3v) is 5.33. The molecule has 3 aromatic rings. The Morgan fingerprint density at radius 3 is 2.38 bits per heavy atom. The molecular weight excluding hydrogens is 390 g/mol. The Morgan fingerprint density at radius 2 is 1.72 bits per heavy atom. The lowest BCUT2D eigenvalue weighted by atomic mass is 10.1. The molecule has 29 heavy (non-hydrogen) atoms. The molecule has 2 aromatic carbocycles. The van der Waals surface area contributed by atoms with Gasteiger partial charge in [0, 0.05) is 13.6 Å². The standard InChI is InChI=1S/C22H24ClN3O3/c1-4-14-24(3)21(28)17(5-2)25-18-12-8-6-10-15(18)20(27)26(22(25)29)19-13-9-7-11-16(19)23/h6-13,17H,4-5,14H2,1-3H3/t17-/m0/s1. The van der Waals surface area contributed by atoms with E-state index in [-0.39, 0.29) is 10.9 Å². The van der Waals surface area contributed by atoms with Crippen molar-refractivity contribution >= 4 is 28.4 Å². The topological polar surface area (TPSA) is 64.3 Å². The van der Waals surface area contributed by atoms with Crippen LogP contribution in [0.25, 0.3) is 16.6 Å². The highest BCUT2D eigenvalue weighted by molar-refractivity contribution is 6.32. The van der Waals surface area contributed by atoms with Gasteiger partial charge in [-0.1, -0.05) is 49.7 Å². The maximum atomic E-state index is 13.5. The van der Waals surface area contributed by atoms with Crippen LogP contribution in [0.15, 0.2) is 58.1 Å². The Hall–Kier alpha value is -2.86. The van der Waals surface area contributed by atoms with E-state index < -0.39 is 17.3 Å². The number of benzene rings is 2. The molecule has 0 unspecified atom stereocenters. The summed E-state index contributed by atoms with van der Waals surface area (Å²) < 4.78 is 2.48. The molecule has 1 atom stereocenters. The molecule has 0 spiro atoms. The first-order chi connectivity index (χ1) is 13.9. The van der Waals surface area contributed by atoms with Gasteiger partial charge in [0.05, 0.1) is 21.6 Å². The molecule has 1 amide bonds. The van der Waals surface area contributed by atoms with E-state index >= 15 is 0 Å². The van der Waals surface area contributed by atoms with E-state index in [0.717, 1.165) is 11.0 Å². The Kier molecular flexibility index (Phi) is 6.23. The van der Waals surface area contributed by atoms with Gasteiger partial charge in [0.15, 0.2) is 0 Å². The van der Waals surface area contributed by atoms with Crippen LogP contribution in [0, 0.1) is 0 Å². The molecule has 0 aliphatic carbocycles. The summed E-state index contributed by atoms with van der Waals surface area (Å²) in [6, 6.07) is 12.8. The number of halogens is 1. The number of likely N-dealkylation sites (N-methyl/N-ethyl adjacent to an activating group) is 1. The minimum Gasteiger partial charge on any atom is -0.344 e. The molecule has 0 saturated heterocycles. The second-order valence-corrected chi connectivity index (χ2v) is 7.35. The predicted octanol–water partition coefficient (Wildman–Crippen LogP) is 3.63. The molecule has 0 aliphatic heterocycles. The van der Waals surface area contributed by atoms with Crippen molar-refractivity contribution in [2.45, 2.75) is 32.7 Å². The molecule has 1 heterocycles. The second kappa shape index (κ2) is 8.66. The molecule has 7 heteroatoms. The van der Waals surface area contributed by atoms with E-state index in [4.69, 9.17) is 11.6 Å². The van der Waals surface area contributed by atoms with Crippen molar-refractivity contribution in [3.63, 3.8) is 0 Å². The third-order valence-electron chi connectivity index (χ3n) is 5.01. The summed E-state index contributed by atoms with van der Waals surface area (Å²) in [5, 5.41) is 0.646. The Balaban J connectivity index is 2.38. The number of aromatic nitrogens is 2. The summed E-state index contributed by atoms with van der Waals surface area (Å²) in [6.45, 7) is 4.44. The molecule has 0 radical (unpaired) electrons. The van der Waals surface area contributed by atoms with Gasteiger partial charge < -0.3 is 4.90 Å². The highest BCUT2D eigenvalue weighted by Crippen LogP contribution is 2.21. The molecule has 0 bridgehead atoms. The van der Waals surface area contributed by atoms with Crippen LogP contribution in [-0.4, -0.2) is 33.5 Å². The van der Waals surface area contributed by atoms with Gasteiger partial charge >= 0.3 is 5.69 Å². The lowest BCUT2D eigenvalue weighted by Crippen LogP contribution is -2.45. The zero-order chi connectivity index (χ0) is 21.1. The summed E-state index contributed by atoms with van der Waals surface area (Å²) in [7, 11) is 1.73. The maximum Gasteiger partial charge on any atom is 0.336 e. The van der Waals surface area contributed by atoms with Crippen molar-refractivity contribution in [3.05, 3.63) is 74.4 Å². The Morgan fingerprint density at radius 1 is 1.07 bits per heavy atom. The molecule has 0 aliphatic rings. The summed E-state index contributed by atoms with van der Waals surface area (Å²) >= 11 is 6.29. The summed E-state index contributed by atoms with van der Waals surface area (Å²) in [6.07, 6.45) is 1.23. The van der Waals surface area contributed by atoms with Crippen LogP contribution >= 0.6 is 11.6 Å². The molecule has 0 fully saturated rings. The van der Waals surface area contributed by atoms with E-state index in [9.17, 15) is 14.4 Å². The Labute approximate surface area is 173 Å². The number of fused-ring (bicyclic) bond motifs is 1. The number of para-hydroxylation sites is 2. The van der Waals surface area contributed by atoms with Gasteiger partial charge in [0.1, 0.15) is 6.04 Å². The van der Waals surface area contributed by atoms with Crippen LogP contribution in [0.3, 0.4) is 0 Å². The zero-order valence-electron chi connectivity index (χ0n) is 16.8. The summed E-state index contributed by atoms with van der Waals surface area (Å²) in [5.41, 5.74) is -0.296. The van der Waals surface area contributed by atoms with Crippen molar-refractivity contribution in [3.8, 4) is 5.69 Å². The predicted molar refractivity (Wildman–Crippen MR) is 116 cm³/mol. The van der Waals surface area contributed by atoms with Gasteiger partial charge in [-0.3, -0.25) is 14.2 Å². The van der Waals surface area contributed by atoms with Crippen molar-refractivity contribution in [1.29, 1.82) is 0 Å². The first-order valence-corrected chi connectivity index (χ1v) is 10.1. The van der Waals surface area contributed by atoms with Crippen LogP contribution in [-0.2, 0) is 4.79 Å². The fourth-order valence-electron chi connectivity index (χ4n) is 3.60. The smallest absolute Gasteiger partial charge is 0.336 e. The van der Waals surface area contributed by atoms with Gasteiger partial charge in [0.2, 0.25) is 5.91 Å². The van der Waals surface area contributed by atoms with Crippen molar-refractivity contribution in [2.24, 2.45) is 0 Å². The average molecular weight is 414 g/mol. The molecule has 6 nitrogen and oxygen atoms in total. The normalized spacial score (nSPS) is 12.1. The van der Waals surface area contributed by atoms with Crippen LogP contribution in [0.2, 0.25) is 5.02 Å².